The Morgan fingerprint density at radius 1 is 1.07 bits per heavy atom. The van der Waals surface area contributed by atoms with Crippen LogP contribution in [0.25, 0.3) is 0 Å². The van der Waals surface area contributed by atoms with E-state index in [1.165, 1.54) is 0 Å². The third-order valence-electron chi connectivity index (χ3n) is 4.50. The molecule has 2 rings (SSSR count). The molecule has 0 fully saturated rings. The van der Waals surface area contributed by atoms with Crippen molar-refractivity contribution in [3.05, 3.63) is 69.2 Å². The first-order valence-corrected chi connectivity index (χ1v) is 10.3. The molecule has 1 N–H and O–H groups in total. The van der Waals surface area contributed by atoms with Crippen molar-refractivity contribution in [3.8, 4) is 0 Å². The van der Waals surface area contributed by atoms with E-state index in [-0.39, 0.29) is 24.8 Å². The van der Waals surface area contributed by atoms with Gasteiger partial charge in [-0.3, -0.25) is 9.59 Å². The van der Waals surface area contributed by atoms with E-state index in [0.29, 0.717) is 10.0 Å². The standard InChI is InChI=1S/C23H28Cl2N2O2/c1-15-6-8-17(9-7-15)12-21(28)27(16(2)22(29)26-23(3,4)5)14-18-10-11-19(24)13-20(18)25/h6-11,13,16H,12,14H2,1-5H3,(H,26,29). The van der Waals surface area contributed by atoms with Gasteiger partial charge in [-0.15, -0.1) is 0 Å². The van der Waals surface area contributed by atoms with Crippen LogP contribution in [0, 0.1) is 6.92 Å². The van der Waals surface area contributed by atoms with Gasteiger partial charge in [0.15, 0.2) is 0 Å². The summed E-state index contributed by atoms with van der Waals surface area (Å²) in [7, 11) is 0. The molecule has 0 aliphatic carbocycles. The molecule has 6 heteroatoms. The lowest BCUT2D eigenvalue weighted by molar-refractivity contribution is -0.140. The van der Waals surface area contributed by atoms with Crippen molar-refractivity contribution < 1.29 is 9.59 Å². The highest BCUT2D eigenvalue weighted by molar-refractivity contribution is 6.35. The van der Waals surface area contributed by atoms with Gasteiger partial charge in [0.1, 0.15) is 6.04 Å². The molecule has 2 amide bonds. The average molecular weight is 435 g/mol. The summed E-state index contributed by atoms with van der Waals surface area (Å²) in [5, 5.41) is 3.94. The summed E-state index contributed by atoms with van der Waals surface area (Å²) in [5.74, 6) is -0.351. The van der Waals surface area contributed by atoms with E-state index < -0.39 is 11.6 Å². The number of nitrogens with one attached hydrogen (secondary N) is 1. The molecule has 2 aromatic rings. The number of nitrogens with zero attached hydrogens (tertiary/aromatic N) is 1. The molecule has 0 aromatic heterocycles. The molecule has 2 aromatic carbocycles. The highest BCUT2D eigenvalue weighted by Gasteiger charge is 2.28. The number of halogens is 2. The van der Waals surface area contributed by atoms with Crippen molar-refractivity contribution >= 4 is 35.0 Å². The van der Waals surface area contributed by atoms with Gasteiger partial charge in [0.05, 0.1) is 6.42 Å². The molecule has 29 heavy (non-hydrogen) atoms. The molecular formula is C23H28Cl2N2O2. The summed E-state index contributed by atoms with van der Waals surface area (Å²) < 4.78 is 0. The zero-order valence-electron chi connectivity index (χ0n) is 17.6. The third-order valence-corrected chi connectivity index (χ3v) is 5.08. The second-order valence-electron chi connectivity index (χ2n) is 8.33. The normalized spacial score (nSPS) is 12.4. The van der Waals surface area contributed by atoms with E-state index in [0.717, 1.165) is 16.7 Å². The molecule has 0 heterocycles. The predicted octanol–water partition coefficient (Wildman–Crippen LogP) is 5.18. The Labute approximate surface area is 183 Å². The van der Waals surface area contributed by atoms with Crippen LogP contribution in [0.15, 0.2) is 42.5 Å². The van der Waals surface area contributed by atoms with Crippen LogP contribution in [0.2, 0.25) is 10.0 Å². The monoisotopic (exact) mass is 434 g/mol. The number of hydrogen-bond donors (Lipinski definition) is 1. The number of carbonyl (C=O) groups is 2. The SMILES string of the molecule is Cc1ccc(CC(=O)N(Cc2ccc(Cl)cc2Cl)C(C)C(=O)NC(C)(C)C)cc1. The first-order chi connectivity index (χ1) is 13.5. The summed E-state index contributed by atoms with van der Waals surface area (Å²) in [4.78, 5) is 27.5. The summed E-state index contributed by atoms with van der Waals surface area (Å²) >= 11 is 12.3. The minimum absolute atomic E-state index is 0.142. The van der Waals surface area contributed by atoms with E-state index in [2.05, 4.69) is 5.32 Å². The van der Waals surface area contributed by atoms with Crippen LogP contribution >= 0.6 is 23.2 Å². The van der Waals surface area contributed by atoms with E-state index in [1.807, 2.05) is 52.0 Å². The molecule has 1 atom stereocenters. The third kappa shape index (κ3) is 7.06. The number of hydrogen-bond acceptors (Lipinski definition) is 2. The highest BCUT2D eigenvalue weighted by atomic mass is 35.5. The lowest BCUT2D eigenvalue weighted by Gasteiger charge is -2.31. The molecule has 0 radical (unpaired) electrons. The molecule has 0 saturated heterocycles. The Balaban J connectivity index is 2.29. The van der Waals surface area contributed by atoms with Gasteiger partial charge in [-0.1, -0.05) is 59.1 Å². The van der Waals surface area contributed by atoms with E-state index in [4.69, 9.17) is 23.2 Å². The number of aryl methyl sites for hydroxylation is 1. The number of rotatable bonds is 6. The smallest absolute Gasteiger partial charge is 0.242 e. The van der Waals surface area contributed by atoms with Crippen LogP contribution in [0.3, 0.4) is 0 Å². The summed E-state index contributed by atoms with van der Waals surface area (Å²) in [5.41, 5.74) is 2.37. The molecule has 1 unspecified atom stereocenters. The molecule has 0 aliphatic heterocycles. The van der Waals surface area contributed by atoms with Gasteiger partial charge in [-0.25, -0.2) is 0 Å². The van der Waals surface area contributed by atoms with E-state index in [1.54, 1.807) is 30.0 Å². The van der Waals surface area contributed by atoms with Crippen LogP contribution < -0.4 is 5.32 Å². The minimum atomic E-state index is -0.654. The Bertz CT molecular complexity index is 873. The average Bonchev–Trinajstić information content (AvgIpc) is 2.61. The lowest BCUT2D eigenvalue weighted by Crippen LogP contribution is -2.52. The maximum absolute atomic E-state index is 13.2. The van der Waals surface area contributed by atoms with Gasteiger partial charge in [0.25, 0.3) is 0 Å². The van der Waals surface area contributed by atoms with Crippen LogP contribution in [0.1, 0.15) is 44.4 Å². The highest BCUT2D eigenvalue weighted by Crippen LogP contribution is 2.24. The van der Waals surface area contributed by atoms with Gasteiger partial charge in [0, 0.05) is 22.1 Å². The Morgan fingerprint density at radius 3 is 2.24 bits per heavy atom. The largest absolute Gasteiger partial charge is 0.350 e. The molecule has 0 aliphatic rings. The molecule has 0 bridgehead atoms. The Hall–Kier alpha value is -2.04. The van der Waals surface area contributed by atoms with Crippen molar-refractivity contribution in [2.45, 2.75) is 59.2 Å². The zero-order chi connectivity index (χ0) is 21.8. The fourth-order valence-corrected chi connectivity index (χ4v) is 3.34. The second kappa shape index (κ2) is 9.64. The van der Waals surface area contributed by atoms with Crippen LogP contribution in [-0.2, 0) is 22.6 Å². The fourth-order valence-electron chi connectivity index (χ4n) is 2.87. The summed E-state index contributed by atoms with van der Waals surface area (Å²) in [6.07, 6.45) is 0.207. The summed E-state index contributed by atoms with van der Waals surface area (Å²) in [6.45, 7) is 9.68. The zero-order valence-corrected chi connectivity index (χ0v) is 19.1. The Morgan fingerprint density at radius 2 is 1.69 bits per heavy atom. The second-order valence-corrected chi connectivity index (χ2v) is 9.18. The quantitative estimate of drug-likeness (QED) is 0.680. The van der Waals surface area contributed by atoms with Crippen molar-refractivity contribution in [2.75, 3.05) is 0 Å². The number of carbonyl (C=O) groups excluding carboxylic acids is 2. The van der Waals surface area contributed by atoms with Gasteiger partial charge in [-0.05, 0) is 57.9 Å². The maximum atomic E-state index is 13.2. The predicted molar refractivity (Wildman–Crippen MR) is 119 cm³/mol. The van der Waals surface area contributed by atoms with Gasteiger partial charge >= 0.3 is 0 Å². The van der Waals surface area contributed by atoms with Crippen molar-refractivity contribution in [1.82, 2.24) is 10.2 Å². The first kappa shape index (κ1) is 23.2. The van der Waals surface area contributed by atoms with E-state index >= 15 is 0 Å². The minimum Gasteiger partial charge on any atom is -0.350 e. The van der Waals surface area contributed by atoms with Crippen LogP contribution in [0.5, 0.6) is 0 Å². The number of benzene rings is 2. The molecule has 156 valence electrons. The van der Waals surface area contributed by atoms with Crippen LogP contribution in [-0.4, -0.2) is 28.3 Å². The molecule has 0 saturated carbocycles. The van der Waals surface area contributed by atoms with Crippen molar-refractivity contribution in [3.63, 3.8) is 0 Å². The van der Waals surface area contributed by atoms with E-state index in [9.17, 15) is 9.59 Å². The van der Waals surface area contributed by atoms with Crippen molar-refractivity contribution in [1.29, 1.82) is 0 Å². The van der Waals surface area contributed by atoms with Gasteiger partial charge in [0.2, 0.25) is 11.8 Å². The molecular weight excluding hydrogens is 407 g/mol. The topological polar surface area (TPSA) is 49.4 Å². The van der Waals surface area contributed by atoms with Gasteiger partial charge < -0.3 is 10.2 Å². The molecule has 0 spiro atoms. The number of amides is 2. The fraction of sp³-hybridized carbons (Fsp3) is 0.391. The lowest BCUT2D eigenvalue weighted by atomic mass is 10.1. The maximum Gasteiger partial charge on any atom is 0.242 e. The molecule has 4 nitrogen and oxygen atoms in total. The van der Waals surface area contributed by atoms with Crippen LogP contribution in [0.4, 0.5) is 0 Å². The van der Waals surface area contributed by atoms with Gasteiger partial charge in [-0.2, -0.15) is 0 Å². The Kier molecular flexibility index (Phi) is 7.73. The first-order valence-electron chi connectivity index (χ1n) is 9.57. The summed E-state index contributed by atoms with van der Waals surface area (Å²) in [6, 6.07) is 12.3. The van der Waals surface area contributed by atoms with Crippen molar-refractivity contribution in [2.24, 2.45) is 0 Å².